The maximum Gasteiger partial charge on any atom is 0.149 e. The van der Waals surface area contributed by atoms with Gasteiger partial charge in [-0.15, -0.1) is 51.8 Å². The Labute approximate surface area is 670 Å². The molecule has 0 saturated heterocycles. The van der Waals surface area contributed by atoms with E-state index < -0.39 is 21.7 Å². The number of thiophene rings is 3. The molecule has 21 rings (SSSR count). The Hall–Kier alpha value is -13.0. The number of hydrogen-bond acceptors (Lipinski definition) is 6. The molecular formula is C107H72O3S3. The molecule has 0 saturated carbocycles. The maximum absolute atomic E-state index is 6.20. The van der Waals surface area contributed by atoms with E-state index in [-0.39, 0.29) is 0 Å². The van der Waals surface area contributed by atoms with E-state index in [4.69, 9.17) is 14.2 Å². The molecule has 0 radical (unpaired) electrons. The minimum atomic E-state index is -0.761. The molecule has 3 unspecified atom stereocenters. The molecule has 3 aliphatic rings. The lowest BCUT2D eigenvalue weighted by atomic mass is 9.70. The lowest BCUT2D eigenvalue weighted by Gasteiger charge is -2.34. The summed E-state index contributed by atoms with van der Waals surface area (Å²) in [7, 11) is 0. The molecular weight excluding hydrogens is 1430 g/mol. The van der Waals surface area contributed by atoms with Crippen molar-refractivity contribution in [1.82, 2.24) is 0 Å². The SMILES string of the molecule is CC#CCOc1ccc2cc(C3(c4ccc(C(C)(c5ccc(C6(c7ccc8cc(OCC#CC)ccc8c7)c7ccccc7-c7c6ccc6ccccc76)s5)c5ccc(C6(c7ccc8cc(OCC#CC)ccc8c7)c7ccccc7-c7c6ccc6ccccc76)s5)s4)c4ccccc4-c4c3ccc3ccccc43)ccc2c1. The van der Waals surface area contributed by atoms with Crippen molar-refractivity contribution in [3.05, 3.63) is 407 Å². The number of benzene rings is 15. The van der Waals surface area contributed by atoms with Crippen molar-refractivity contribution in [2.24, 2.45) is 0 Å². The van der Waals surface area contributed by atoms with Gasteiger partial charge >= 0.3 is 0 Å². The van der Waals surface area contributed by atoms with Crippen molar-refractivity contribution in [3.8, 4) is 86.2 Å². The first-order valence-electron chi connectivity index (χ1n) is 38.6. The largest absolute Gasteiger partial charge is 0.481 e. The van der Waals surface area contributed by atoms with Crippen LogP contribution >= 0.6 is 34.0 Å². The van der Waals surface area contributed by atoms with E-state index >= 15 is 0 Å². The molecule has 3 atom stereocenters. The zero-order valence-corrected chi connectivity index (χ0v) is 65.2. The smallest absolute Gasteiger partial charge is 0.149 e. The first-order valence-corrected chi connectivity index (χ1v) is 41.1. The fourth-order valence-electron chi connectivity index (χ4n) is 19.3. The van der Waals surface area contributed by atoms with Crippen LogP contribution in [0.2, 0.25) is 0 Å². The standard InChI is InChI=1S/C107H72O3S3/c1-5-8-59-108-80-47-38-71-62-77(44-35-74(71)65-80)105(89-32-20-17-29-86(89)101-83-26-14-11-23-68(83)41-50-92(101)105)98-56-53-95(111-98)104(4,96-54-57-99(112-96)106(78-45-36-75-66-81(109-60-9-6-2)48-39-72(75)63-78)90-33-21-18-30-87(90)102-84-27-15-12-24-69(84)42-51-93(102)106)97-55-58-100(113-97)107(79-46-37-76-67-82(110-61-10-7-3)49-40-73(76)64-79)91-34-22-19-31-88(91)103-85-28-16-13-25-70(85)43-52-94(103)107/h11-58,62-67H,59-61H2,1-4H3. The van der Waals surface area contributed by atoms with Crippen molar-refractivity contribution in [3.63, 3.8) is 0 Å². The fourth-order valence-corrected chi connectivity index (χ4v) is 23.8. The lowest BCUT2D eigenvalue weighted by Crippen LogP contribution is -2.28. The Morgan fingerprint density at radius 2 is 0.540 bits per heavy atom. The highest BCUT2D eigenvalue weighted by Crippen LogP contribution is 2.65. The highest BCUT2D eigenvalue weighted by molar-refractivity contribution is 7.16. The quantitative estimate of drug-likeness (QED) is 0.0958. The molecule has 0 bridgehead atoms. The third-order valence-electron chi connectivity index (χ3n) is 24.4. The predicted octanol–water partition coefficient (Wildman–Crippen LogP) is 26.4. The van der Waals surface area contributed by atoms with Crippen LogP contribution in [0.3, 0.4) is 0 Å². The minimum absolute atomic E-state index is 0.334. The van der Waals surface area contributed by atoms with Crippen molar-refractivity contribution >= 4 is 98.6 Å². The maximum atomic E-state index is 6.20. The van der Waals surface area contributed by atoms with Crippen molar-refractivity contribution in [2.75, 3.05) is 19.8 Å². The molecule has 536 valence electrons. The molecule has 18 aromatic rings. The first kappa shape index (κ1) is 68.1. The third-order valence-corrected chi connectivity index (χ3v) is 28.7. The van der Waals surface area contributed by atoms with E-state index in [1.54, 1.807) is 0 Å². The monoisotopic (exact) mass is 1500 g/mol. The van der Waals surface area contributed by atoms with Gasteiger partial charge in [0.15, 0.2) is 0 Å². The second-order valence-electron chi connectivity index (χ2n) is 29.9. The average molecular weight is 1500 g/mol. The van der Waals surface area contributed by atoms with Gasteiger partial charge in [-0.25, -0.2) is 0 Å². The second kappa shape index (κ2) is 26.9. The molecule has 15 aromatic carbocycles. The van der Waals surface area contributed by atoms with Gasteiger partial charge in [0.25, 0.3) is 0 Å². The van der Waals surface area contributed by atoms with E-state index in [9.17, 15) is 0 Å². The van der Waals surface area contributed by atoms with Gasteiger partial charge in [0, 0.05) is 29.3 Å². The van der Waals surface area contributed by atoms with Crippen LogP contribution in [0.4, 0.5) is 0 Å². The van der Waals surface area contributed by atoms with Gasteiger partial charge in [0.2, 0.25) is 0 Å². The Morgan fingerprint density at radius 3 is 0.858 bits per heavy atom. The average Bonchev–Trinajstić information content (AvgIpc) is 1.54. The Bertz CT molecular complexity index is 6530. The van der Waals surface area contributed by atoms with E-state index in [0.29, 0.717) is 19.8 Å². The molecule has 0 amide bonds. The molecule has 0 aliphatic heterocycles. The van der Waals surface area contributed by atoms with Gasteiger partial charge < -0.3 is 14.2 Å². The molecule has 3 aromatic heterocycles. The Morgan fingerprint density at radius 1 is 0.265 bits per heavy atom. The lowest BCUT2D eigenvalue weighted by molar-refractivity contribution is 0.370. The summed E-state index contributed by atoms with van der Waals surface area (Å²) in [6.07, 6.45) is 0. The molecule has 3 aliphatic carbocycles. The summed E-state index contributed by atoms with van der Waals surface area (Å²) in [5, 5.41) is 14.1. The van der Waals surface area contributed by atoms with Gasteiger partial charge in [0.1, 0.15) is 37.1 Å². The summed E-state index contributed by atoms with van der Waals surface area (Å²) in [5.41, 5.74) is 15.9. The topological polar surface area (TPSA) is 27.7 Å². The predicted molar refractivity (Wildman–Crippen MR) is 472 cm³/mol. The molecule has 6 heteroatoms. The van der Waals surface area contributed by atoms with E-state index in [1.165, 1.54) is 145 Å². The van der Waals surface area contributed by atoms with Gasteiger partial charge in [-0.3, -0.25) is 0 Å². The highest BCUT2D eigenvalue weighted by atomic mass is 32.1. The molecule has 0 fully saturated rings. The fraction of sp³-hybridized carbons (Fsp3) is 0.103. The second-order valence-corrected chi connectivity index (χ2v) is 33.2. The van der Waals surface area contributed by atoms with Crippen LogP contribution < -0.4 is 14.2 Å². The van der Waals surface area contributed by atoms with Crippen LogP contribution in [0.25, 0.3) is 98.0 Å². The minimum Gasteiger partial charge on any atom is -0.481 e. The Kier molecular flexibility index (Phi) is 16.2. The summed E-state index contributed by atoms with van der Waals surface area (Å²) in [5.74, 6) is 20.7. The van der Waals surface area contributed by atoms with Crippen LogP contribution in [-0.4, -0.2) is 19.8 Å². The normalized spacial score (nSPS) is 16.6. The molecule has 0 spiro atoms. The van der Waals surface area contributed by atoms with E-state index in [1.807, 2.05) is 54.8 Å². The van der Waals surface area contributed by atoms with Gasteiger partial charge in [-0.1, -0.05) is 254 Å². The Balaban J connectivity index is 0.827. The summed E-state index contributed by atoms with van der Waals surface area (Å²) in [6.45, 7) is 9.10. The van der Waals surface area contributed by atoms with Gasteiger partial charge in [-0.05, 0) is 267 Å². The van der Waals surface area contributed by atoms with Gasteiger partial charge in [-0.2, -0.15) is 0 Å². The summed E-state index contributed by atoms with van der Waals surface area (Å²) < 4.78 is 18.6. The zero-order valence-electron chi connectivity index (χ0n) is 62.7. The molecule has 3 nitrogen and oxygen atoms in total. The third kappa shape index (κ3) is 10.2. The van der Waals surface area contributed by atoms with Crippen LogP contribution in [0.1, 0.15) is 107 Å². The molecule has 113 heavy (non-hydrogen) atoms. The summed E-state index contributed by atoms with van der Waals surface area (Å²) >= 11 is 5.90. The van der Waals surface area contributed by atoms with Crippen LogP contribution in [0.5, 0.6) is 17.2 Å². The first-order chi connectivity index (χ1) is 55.7. The van der Waals surface area contributed by atoms with Crippen LogP contribution in [0, 0.1) is 35.5 Å². The van der Waals surface area contributed by atoms with Crippen LogP contribution in [0.15, 0.2) is 328 Å². The summed E-state index contributed by atoms with van der Waals surface area (Å²) in [4.78, 5) is 7.50. The van der Waals surface area contributed by atoms with E-state index in [2.05, 4.69) is 370 Å². The van der Waals surface area contributed by atoms with Crippen molar-refractivity contribution in [2.45, 2.75) is 49.4 Å². The zero-order chi connectivity index (χ0) is 75.6. The van der Waals surface area contributed by atoms with Gasteiger partial charge in [0.05, 0.1) is 21.7 Å². The number of ether oxygens (including phenoxy) is 3. The van der Waals surface area contributed by atoms with E-state index in [0.717, 1.165) is 49.6 Å². The highest BCUT2D eigenvalue weighted by Gasteiger charge is 2.53. The van der Waals surface area contributed by atoms with Crippen molar-refractivity contribution < 1.29 is 14.2 Å². The molecule has 3 heterocycles. The van der Waals surface area contributed by atoms with Crippen molar-refractivity contribution in [1.29, 1.82) is 0 Å². The number of rotatable bonds is 15. The molecule has 0 N–H and O–H groups in total. The number of fused-ring (bicyclic) bond motifs is 18. The van der Waals surface area contributed by atoms with Crippen LogP contribution in [-0.2, 0) is 21.7 Å². The number of hydrogen-bond donors (Lipinski definition) is 0. The summed E-state index contributed by atoms with van der Waals surface area (Å²) in [6, 6.07) is 125.